The molecule has 1 atom stereocenters. The summed E-state index contributed by atoms with van der Waals surface area (Å²) in [4.78, 5) is 4.76. The van der Waals surface area contributed by atoms with E-state index < -0.39 is 0 Å². The van der Waals surface area contributed by atoms with Gasteiger partial charge in [-0.1, -0.05) is 23.7 Å². The summed E-state index contributed by atoms with van der Waals surface area (Å²) in [7, 11) is 0. The molecular formula is C15H24ClN3O. The average molecular weight is 298 g/mol. The lowest BCUT2D eigenvalue weighted by molar-refractivity contribution is 0.182. The topological polar surface area (TPSA) is 52.7 Å². The summed E-state index contributed by atoms with van der Waals surface area (Å²) in [5, 5.41) is 9.81. The summed E-state index contributed by atoms with van der Waals surface area (Å²) < 4.78 is 0. The van der Waals surface area contributed by atoms with Crippen LogP contribution in [0.3, 0.4) is 0 Å². The van der Waals surface area contributed by atoms with E-state index in [9.17, 15) is 0 Å². The summed E-state index contributed by atoms with van der Waals surface area (Å²) >= 11 is 5.95. The molecule has 5 heteroatoms. The van der Waals surface area contributed by atoms with Gasteiger partial charge in [-0.25, -0.2) is 0 Å². The molecular weight excluding hydrogens is 274 g/mol. The lowest BCUT2D eigenvalue weighted by atomic mass is 10.1. The Morgan fingerprint density at radius 1 is 1.15 bits per heavy atom. The van der Waals surface area contributed by atoms with Gasteiger partial charge in [0.2, 0.25) is 0 Å². The number of hydrogen-bond donors (Lipinski definition) is 2. The van der Waals surface area contributed by atoms with Crippen molar-refractivity contribution in [3.8, 4) is 0 Å². The third kappa shape index (κ3) is 4.17. The van der Waals surface area contributed by atoms with Crippen LogP contribution < -0.4 is 5.73 Å². The van der Waals surface area contributed by atoms with E-state index in [-0.39, 0.29) is 12.6 Å². The van der Waals surface area contributed by atoms with Crippen LogP contribution in [-0.2, 0) is 0 Å². The first-order valence-corrected chi connectivity index (χ1v) is 7.65. The van der Waals surface area contributed by atoms with Gasteiger partial charge in [-0.3, -0.25) is 9.80 Å². The minimum Gasteiger partial charge on any atom is -0.395 e. The van der Waals surface area contributed by atoms with Crippen molar-refractivity contribution in [3.05, 3.63) is 34.9 Å². The van der Waals surface area contributed by atoms with Crippen molar-refractivity contribution >= 4 is 11.6 Å². The van der Waals surface area contributed by atoms with Crippen LogP contribution >= 0.6 is 11.6 Å². The van der Waals surface area contributed by atoms with Gasteiger partial charge in [0, 0.05) is 43.8 Å². The van der Waals surface area contributed by atoms with Crippen LogP contribution in [0.5, 0.6) is 0 Å². The molecule has 2 rings (SSSR count). The SMILES string of the molecule is NCC(c1ccc(Cl)cc1)N1CCCN(CCO)CC1. The highest BCUT2D eigenvalue weighted by Gasteiger charge is 2.22. The number of nitrogens with two attached hydrogens (primary N) is 1. The highest BCUT2D eigenvalue weighted by atomic mass is 35.5. The maximum Gasteiger partial charge on any atom is 0.0558 e. The number of aliphatic hydroxyl groups is 1. The highest BCUT2D eigenvalue weighted by molar-refractivity contribution is 6.30. The number of β-amino-alcohol motifs (C(OH)–C–C–N with tert-alkyl or cyclic N) is 1. The third-order valence-corrected chi connectivity index (χ3v) is 4.21. The average Bonchev–Trinajstić information content (AvgIpc) is 2.68. The van der Waals surface area contributed by atoms with Gasteiger partial charge in [0.05, 0.1) is 6.61 Å². The monoisotopic (exact) mass is 297 g/mol. The van der Waals surface area contributed by atoms with Gasteiger partial charge < -0.3 is 10.8 Å². The van der Waals surface area contributed by atoms with Crippen molar-refractivity contribution in [2.75, 3.05) is 45.9 Å². The lowest BCUT2D eigenvalue weighted by Crippen LogP contribution is -2.37. The van der Waals surface area contributed by atoms with Gasteiger partial charge in [0.25, 0.3) is 0 Å². The second kappa shape index (κ2) is 7.96. The third-order valence-electron chi connectivity index (χ3n) is 3.96. The Kier molecular flexibility index (Phi) is 6.26. The molecule has 1 aromatic carbocycles. The summed E-state index contributed by atoms with van der Waals surface area (Å²) in [5.41, 5.74) is 7.22. The van der Waals surface area contributed by atoms with Gasteiger partial charge in [-0.2, -0.15) is 0 Å². The maximum absolute atomic E-state index is 9.05. The molecule has 1 unspecified atom stereocenters. The summed E-state index contributed by atoms with van der Waals surface area (Å²) in [6, 6.07) is 8.23. The zero-order valence-electron chi connectivity index (χ0n) is 11.8. The predicted molar refractivity (Wildman–Crippen MR) is 83.0 cm³/mol. The Labute approximate surface area is 126 Å². The van der Waals surface area contributed by atoms with Gasteiger partial charge in [-0.05, 0) is 30.7 Å². The molecule has 0 radical (unpaired) electrons. The molecule has 3 N–H and O–H groups in total. The molecule has 1 saturated heterocycles. The van der Waals surface area contributed by atoms with Crippen molar-refractivity contribution in [2.45, 2.75) is 12.5 Å². The van der Waals surface area contributed by atoms with Crippen molar-refractivity contribution in [1.82, 2.24) is 9.80 Å². The van der Waals surface area contributed by atoms with E-state index in [1.165, 1.54) is 5.56 Å². The lowest BCUT2D eigenvalue weighted by Gasteiger charge is -2.30. The molecule has 0 aromatic heterocycles. The molecule has 1 heterocycles. The molecule has 0 bridgehead atoms. The highest BCUT2D eigenvalue weighted by Crippen LogP contribution is 2.22. The van der Waals surface area contributed by atoms with Gasteiger partial charge >= 0.3 is 0 Å². The van der Waals surface area contributed by atoms with Gasteiger partial charge in [0.15, 0.2) is 0 Å². The van der Waals surface area contributed by atoms with Crippen LogP contribution in [-0.4, -0.2) is 60.8 Å². The quantitative estimate of drug-likeness (QED) is 0.861. The van der Waals surface area contributed by atoms with Crippen LogP contribution in [0.15, 0.2) is 24.3 Å². The minimum atomic E-state index is 0.234. The van der Waals surface area contributed by atoms with Crippen molar-refractivity contribution in [3.63, 3.8) is 0 Å². The fourth-order valence-electron chi connectivity index (χ4n) is 2.85. The zero-order valence-corrected chi connectivity index (χ0v) is 12.6. The van der Waals surface area contributed by atoms with Crippen molar-refractivity contribution in [2.24, 2.45) is 5.73 Å². The number of nitrogens with zero attached hydrogens (tertiary/aromatic N) is 2. The Balaban J connectivity index is 2.02. The molecule has 1 aliphatic rings. The maximum atomic E-state index is 9.05. The Hall–Kier alpha value is -0.650. The van der Waals surface area contributed by atoms with Crippen molar-refractivity contribution in [1.29, 1.82) is 0 Å². The minimum absolute atomic E-state index is 0.234. The molecule has 0 aliphatic carbocycles. The number of benzene rings is 1. The molecule has 0 saturated carbocycles. The van der Waals surface area contributed by atoms with Crippen LogP contribution in [0.2, 0.25) is 5.02 Å². The fourth-order valence-corrected chi connectivity index (χ4v) is 2.97. The van der Waals surface area contributed by atoms with Gasteiger partial charge in [0.1, 0.15) is 0 Å². The largest absolute Gasteiger partial charge is 0.395 e. The smallest absolute Gasteiger partial charge is 0.0558 e. The van der Waals surface area contributed by atoms with E-state index in [0.717, 1.165) is 44.2 Å². The molecule has 20 heavy (non-hydrogen) atoms. The van der Waals surface area contributed by atoms with Crippen LogP contribution in [0.4, 0.5) is 0 Å². The number of rotatable bonds is 5. The van der Waals surface area contributed by atoms with Crippen LogP contribution in [0, 0.1) is 0 Å². The summed E-state index contributed by atoms with van der Waals surface area (Å²) in [5.74, 6) is 0. The second-order valence-corrected chi connectivity index (χ2v) is 5.69. The zero-order chi connectivity index (χ0) is 14.4. The number of aliphatic hydroxyl groups excluding tert-OH is 1. The summed E-state index contributed by atoms with van der Waals surface area (Å²) in [6.07, 6.45) is 1.12. The normalized spacial score (nSPS) is 19.8. The Bertz CT molecular complexity index is 399. The first-order chi connectivity index (χ1) is 9.74. The molecule has 1 fully saturated rings. The fraction of sp³-hybridized carbons (Fsp3) is 0.600. The molecule has 0 spiro atoms. The molecule has 4 nitrogen and oxygen atoms in total. The first-order valence-electron chi connectivity index (χ1n) is 7.27. The first kappa shape index (κ1) is 15.7. The van der Waals surface area contributed by atoms with E-state index in [2.05, 4.69) is 21.9 Å². The van der Waals surface area contributed by atoms with E-state index in [1.54, 1.807) is 0 Å². The number of halogens is 1. The Morgan fingerprint density at radius 2 is 1.90 bits per heavy atom. The van der Waals surface area contributed by atoms with E-state index in [1.807, 2.05) is 12.1 Å². The van der Waals surface area contributed by atoms with Gasteiger partial charge in [-0.15, -0.1) is 0 Å². The number of hydrogen-bond acceptors (Lipinski definition) is 4. The summed E-state index contributed by atoms with van der Waals surface area (Å²) in [6.45, 7) is 5.69. The Morgan fingerprint density at radius 3 is 2.55 bits per heavy atom. The molecule has 112 valence electrons. The van der Waals surface area contributed by atoms with Crippen LogP contribution in [0.1, 0.15) is 18.0 Å². The standard InChI is InChI=1S/C15H24ClN3O/c16-14-4-2-13(3-5-14)15(12-17)19-7-1-6-18(8-9-19)10-11-20/h2-5,15,20H,1,6-12,17H2. The predicted octanol–water partition coefficient (Wildman–Crippen LogP) is 1.34. The molecule has 1 aliphatic heterocycles. The molecule has 1 aromatic rings. The van der Waals surface area contributed by atoms with Crippen molar-refractivity contribution < 1.29 is 5.11 Å². The molecule has 0 amide bonds. The van der Waals surface area contributed by atoms with E-state index in [0.29, 0.717) is 6.54 Å². The second-order valence-electron chi connectivity index (χ2n) is 5.26. The van der Waals surface area contributed by atoms with E-state index in [4.69, 9.17) is 22.4 Å². The van der Waals surface area contributed by atoms with E-state index >= 15 is 0 Å². The van der Waals surface area contributed by atoms with Crippen LogP contribution in [0.25, 0.3) is 0 Å².